The predicted molar refractivity (Wildman–Crippen MR) is 93.7 cm³/mol. The van der Waals surface area contributed by atoms with Crippen molar-refractivity contribution in [1.29, 1.82) is 0 Å². The average molecular weight is 342 g/mol. The zero-order valence-corrected chi connectivity index (χ0v) is 14.8. The Labute approximate surface area is 148 Å². The van der Waals surface area contributed by atoms with Crippen molar-refractivity contribution in [2.24, 2.45) is 5.92 Å². The Bertz CT molecular complexity index is 658. The lowest BCUT2D eigenvalue weighted by molar-refractivity contribution is -0.190. The first-order valence-electron chi connectivity index (χ1n) is 9.30. The fourth-order valence-electron chi connectivity index (χ4n) is 4.15. The van der Waals surface area contributed by atoms with Gasteiger partial charge in [-0.25, -0.2) is 0 Å². The molecule has 0 aromatic heterocycles. The summed E-state index contributed by atoms with van der Waals surface area (Å²) < 4.78 is 5.97. The van der Waals surface area contributed by atoms with Gasteiger partial charge in [-0.2, -0.15) is 0 Å². The number of fused-ring (bicyclic) bond motifs is 1. The fourth-order valence-corrected chi connectivity index (χ4v) is 4.15. The van der Waals surface area contributed by atoms with Gasteiger partial charge in [0.25, 0.3) is 0 Å². The number of rotatable bonds is 4. The second-order valence-corrected chi connectivity index (χ2v) is 7.88. The molecule has 0 radical (unpaired) electrons. The molecule has 0 unspecified atom stereocenters. The zero-order chi connectivity index (χ0) is 17.4. The summed E-state index contributed by atoms with van der Waals surface area (Å²) >= 11 is 0. The number of nitrogens with zero attached hydrogens (tertiary/aromatic N) is 2. The summed E-state index contributed by atoms with van der Waals surface area (Å²) in [5.41, 5.74) is 0.660. The van der Waals surface area contributed by atoms with E-state index in [2.05, 4.69) is 6.92 Å². The molecule has 2 heterocycles. The van der Waals surface area contributed by atoms with Gasteiger partial charge in [0, 0.05) is 19.5 Å². The Hall–Kier alpha value is -1.88. The minimum atomic E-state index is -0.472. The van der Waals surface area contributed by atoms with Crippen LogP contribution in [0.15, 0.2) is 30.3 Å². The van der Waals surface area contributed by atoms with E-state index in [1.807, 2.05) is 40.1 Å². The fraction of sp³-hybridized carbons (Fsp3) is 0.600. The minimum absolute atomic E-state index is 0.0268. The summed E-state index contributed by atoms with van der Waals surface area (Å²) in [6.45, 7) is 4.07. The molecule has 1 aromatic carbocycles. The highest BCUT2D eigenvalue weighted by atomic mass is 16.5. The quantitative estimate of drug-likeness (QED) is 0.843. The van der Waals surface area contributed by atoms with Crippen molar-refractivity contribution in [3.05, 3.63) is 35.9 Å². The maximum absolute atomic E-state index is 12.5. The summed E-state index contributed by atoms with van der Waals surface area (Å²) in [5, 5.41) is 0. The van der Waals surface area contributed by atoms with E-state index in [0.29, 0.717) is 32.0 Å². The molecule has 3 fully saturated rings. The maximum atomic E-state index is 12.5. The lowest BCUT2D eigenvalue weighted by Crippen LogP contribution is -2.67. The van der Waals surface area contributed by atoms with Crippen molar-refractivity contribution in [2.45, 2.75) is 50.8 Å². The number of hydrogen-bond donors (Lipinski definition) is 0. The summed E-state index contributed by atoms with van der Waals surface area (Å²) in [6, 6.07) is 10.1. The van der Waals surface area contributed by atoms with Crippen LogP contribution in [0.1, 0.15) is 38.2 Å². The largest absolute Gasteiger partial charge is 0.361 e. The number of piperidine rings is 1. The lowest BCUT2D eigenvalue weighted by atomic mass is 9.85. The van der Waals surface area contributed by atoms with Crippen molar-refractivity contribution >= 4 is 11.8 Å². The van der Waals surface area contributed by atoms with Crippen molar-refractivity contribution in [3.63, 3.8) is 0 Å². The van der Waals surface area contributed by atoms with E-state index in [1.165, 1.54) is 12.8 Å². The summed E-state index contributed by atoms with van der Waals surface area (Å²) in [7, 11) is 0. The normalized spacial score (nSPS) is 29.5. The van der Waals surface area contributed by atoms with E-state index >= 15 is 0 Å². The van der Waals surface area contributed by atoms with Gasteiger partial charge in [0.1, 0.15) is 12.2 Å². The molecule has 2 saturated heterocycles. The van der Waals surface area contributed by atoms with Gasteiger partial charge in [-0.15, -0.1) is 0 Å². The first kappa shape index (κ1) is 16.6. The summed E-state index contributed by atoms with van der Waals surface area (Å²) in [4.78, 5) is 28.9. The van der Waals surface area contributed by atoms with E-state index in [1.54, 1.807) is 0 Å². The van der Waals surface area contributed by atoms with Gasteiger partial charge < -0.3 is 14.5 Å². The van der Waals surface area contributed by atoms with Crippen molar-refractivity contribution in [2.75, 3.05) is 19.7 Å². The molecule has 1 aliphatic carbocycles. The second-order valence-electron chi connectivity index (χ2n) is 7.88. The Morgan fingerprint density at radius 1 is 1.24 bits per heavy atom. The first-order valence-corrected chi connectivity index (χ1v) is 9.30. The van der Waals surface area contributed by atoms with Crippen LogP contribution < -0.4 is 0 Å². The third-order valence-electron chi connectivity index (χ3n) is 5.81. The van der Waals surface area contributed by atoms with Crippen LogP contribution in [0, 0.1) is 5.92 Å². The van der Waals surface area contributed by atoms with Crippen LogP contribution in [0.25, 0.3) is 0 Å². The third kappa shape index (κ3) is 3.43. The topological polar surface area (TPSA) is 49.9 Å². The first-order chi connectivity index (χ1) is 12.0. The van der Waals surface area contributed by atoms with E-state index in [0.717, 1.165) is 12.0 Å². The number of carbonyl (C=O) groups excluding carboxylic acids is 2. The second kappa shape index (κ2) is 6.45. The molecule has 2 atom stereocenters. The molecule has 5 heteroatoms. The Kier molecular flexibility index (Phi) is 4.28. The zero-order valence-electron chi connectivity index (χ0n) is 14.8. The van der Waals surface area contributed by atoms with E-state index in [9.17, 15) is 9.59 Å². The van der Waals surface area contributed by atoms with Crippen LogP contribution in [0.2, 0.25) is 0 Å². The van der Waals surface area contributed by atoms with E-state index in [-0.39, 0.29) is 24.5 Å². The smallest absolute Gasteiger partial charge is 0.249 e. The molecule has 0 N–H and O–H groups in total. The number of ether oxygens (including phenoxy) is 1. The standard InChI is InChI=1S/C20H26N2O3/c1-20-14-21(18(23)11-15-7-8-15)10-9-17(20)22(19(24)13-25-20)12-16-5-3-2-4-6-16/h2-6,15,17H,7-14H2,1H3/t17-,20-/m1/s1. The Balaban J connectivity index is 1.48. The highest BCUT2D eigenvalue weighted by molar-refractivity contribution is 5.80. The van der Waals surface area contributed by atoms with Crippen LogP contribution >= 0.6 is 0 Å². The molecule has 0 spiro atoms. The molecule has 3 aliphatic rings. The number of morpholine rings is 1. The maximum Gasteiger partial charge on any atom is 0.249 e. The van der Waals surface area contributed by atoms with Gasteiger partial charge >= 0.3 is 0 Å². The van der Waals surface area contributed by atoms with Crippen LogP contribution in [-0.2, 0) is 20.9 Å². The molecule has 5 nitrogen and oxygen atoms in total. The number of carbonyl (C=O) groups is 2. The van der Waals surface area contributed by atoms with Crippen molar-refractivity contribution in [3.8, 4) is 0 Å². The predicted octanol–water partition coefficient (Wildman–Crippen LogP) is 2.21. The summed E-state index contributed by atoms with van der Waals surface area (Å²) in [5.74, 6) is 0.892. The van der Waals surface area contributed by atoms with Crippen LogP contribution in [0.5, 0.6) is 0 Å². The molecule has 4 rings (SSSR count). The number of likely N-dealkylation sites (tertiary alicyclic amines) is 1. The molecular weight excluding hydrogens is 316 g/mol. The van der Waals surface area contributed by atoms with Gasteiger partial charge in [-0.05, 0) is 37.7 Å². The van der Waals surface area contributed by atoms with Gasteiger partial charge in [0.05, 0.1) is 12.6 Å². The molecular formula is C20H26N2O3. The molecule has 1 saturated carbocycles. The molecule has 2 amide bonds. The Morgan fingerprint density at radius 2 is 2.00 bits per heavy atom. The third-order valence-corrected chi connectivity index (χ3v) is 5.81. The van der Waals surface area contributed by atoms with Gasteiger partial charge in [0.2, 0.25) is 11.8 Å². The molecule has 134 valence electrons. The Morgan fingerprint density at radius 3 is 2.72 bits per heavy atom. The average Bonchev–Trinajstić information content (AvgIpc) is 3.42. The highest BCUT2D eigenvalue weighted by Gasteiger charge is 2.49. The van der Waals surface area contributed by atoms with Crippen LogP contribution in [0.4, 0.5) is 0 Å². The molecule has 2 aliphatic heterocycles. The molecule has 25 heavy (non-hydrogen) atoms. The number of hydrogen-bond acceptors (Lipinski definition) is 3. The molecule has 0 bridgehead atoms. The van der Waals surface area contributed by atoms with Crippen LogP contribution in [0.3, 0.4) is 0 Å². The highest BCUT2D eigenvalue weighted by Crippen LogP contribution is 2.36. The van der Waals surface area contributed by atoms with Crippen molar-refractivity contribution < 1.29 is 14.3 Å². The minimum Gasteiger partial charge on any atom is -0.361 e. The van der Waals surface area contributed by atoms with E-state index in [4.69, 9.17) is 4.74 Å². The van der Waals surface area contributed by atoms with Gasteiger partial charge in [-0.3, -0.25) is 9.59 Å². The van der Waals surface area contributed by atoms with Crippen LogP contribution in [-0.4, -0.2) is 53.0 Å². The van der Waals surface area contributed by atoms with Gasteiger partial charge in [-0.1, -0.05) is 30.3 Å². The monoisotopic (exact) mass is 342 g/mol. The molecule has 1 aromatic rings. The van der Waals surface area contributed by atoms with E-state index < -0.39 is 5.60 Å². The number of amides is 2. The van der Waals surface area contributed by atoms with Crippen molar-refractivity contribution in [1.82, 2.24) is 9.80 Å². The summed E-state index contributed by atoms with van der Waals surface area (Å²) in [6.07, 6.45) is 3.84. The lowest BCUT2D eigenvalue weighted by Gasteiger charge is -2.53. The SMILES string of the molecule is C[C@@]12CN(C(=O)CC3CC3)CC[C@H]1N(Cc1ccccc1)C(=O)CO2. The number of benzene rings is 1. The van der Waals surface area contributed by atoms with Gasteiger partial charge in [0.15, 0.2) is 0 Å².